The van der Waals surface area contributed by atoms with E-state index in [2.05, 4.69) is 32.9 Å². The molecule has 0 saturated heterocycles. The molecule has 0 aliphatic carbocycles. The quantitative estimate of drug-likeness (QED) is 0.815. The van der Waals surface area contributed by atoms with Gasteiger partial charge in [-0.1, -0.05) is 45.0 Å². The molecule has 1 aromatic rings. The average Bonchev–Trinajstić information content (AvgIpc) is 2.28. The molecule has 0 unspecified atom stereocenters. The summed E-state index contributed by atoms with van der Waals surface area (Å²) >= 11 is 0. The summed E-state index contributed by atoms with van der Waals surface area (Å²) in [6.45, 7) is 10.2. The smallest absolute Gasteiger partial charge is 0.168 e. The predicted octanol–water partition coefficient (Wildman–Crippen LogP) is 3.52. The van der Waals surface area contributed by atoms with Crippen LogP contribution in [-0.4, -0.2) is 18.5 Å². The Morgan fingerprint density at radius 1 is 1.06 bits per heavy atom. The zero-order valence-electron chi connectivity index (χ0n) is 12.3. The Morgan fingerprint density at radius 3 is 1.94 bits per heavy atom. The molecular weight excluding hydrogens is 224 g/mol. The number of methoxy groups -OCH3 is 1. The number of ketones is 1. The van der Waals surface area contributed by atoms with Crippen molar-refractivity contribution in [2.75, 3.05) is 7.11 Å². The average molecular weight is 248 g/mol. The second-order valence-corrected chi connectivity index (χ2v) is 6.26. The zero-order chi connectivity index (χ0) is 14.0. The summed E-state index contributed by atoms with van der Waals surface area (Å²) in [6.07, 6.45) is 0.422. The number of carbonyl (C=O) groups is 1. The number of hydrogen-bond donors (Lipinski definition) is 0. The Morgan fingerprint density at radius 2 is 1.56 bits per heavy atom. The summed E-state index contributed by atoms with van der Waals surface area (Å²) in [5.74, 6) is 0.105. The van der Waals surface area contributed by atoms with Gasteiger partial charge in [0.15, 0.2) is 5.78 Å². The molecular formula is C16H24O2. The molecule has 2 nitrogen and oxygen atoms in total. The van der Waals surface area contributed by atoms with Gasteiger partial charge in [0, 0.05) is 13.5 Å². The van der Waals surface area contributed by atoms with Gasteiger partial charge in [0.2, 0.25) is 0 Å². The van der Waals surface area contributed by atoms with Crippen molar-refractivity contribution in [2.24, 2.45) is 0 Å². The molecule has 1 rings (SSSR count). The first kappa shape index (κ1) is 14.9. The van der Waals surface area contributed by atoms with Gasteiger partial charge in [-0.2, -0.15) is 0 Å². The molecule has 100 valence electrons. The predicted molar refractivity (Wildman–Crippen MR) is 74.9 cm³/mol. The zero-order valence-corrected chi connectivity index (χ0v) is 12.3. The maximum Gasteiger partial charge on any atom is 0.168 e. The van der Waals surface area contributed by atoms with Crippen LogP contribution in [0.15, 0.2) is 24.3 Å². The molecule has 0 radical (unpaired) electrons. The Kier molecular flexibility index (Phi) is 4.33. The highest BCUT2D eigenvalue weighted by Crippen LogP contribution is 2.23. The van der Waals surface area contributed by atoms with E-state index in [1.54, 1.807) is 21.0 Å². The molecule has 0 atom stereocenters. The lowest BCUT2D eigenvalue weighted by Gasteiger charge is -2.22. The van der Waals surface area contributed by atoms with E-state index in [1.807, 2.05) is 12.1 Å². The fourth-order valence-electron chi connectivity index (χ4n) is 1.63. The van der Waals surface area contributed by atoms with E-state index in [1.165, 1.54) is 5.56 Å². The minimum atomic E-state index is -0.706. The summed E-state index contributed by atoms with van der Waals surface area (Å²) in [4.78, 5) is 12.0. The third-order valence-electron chi connectivity index (χ3n) is 3.37. The summed E-state index contributed by atoms with van der Waals surface area (Å²) < 4.78 is 5.20. The van der Waals surface area contributed by atoms with E-state index >= 15 is 0 Å². The van der Waals surface area contributed by atoms with Crippen molar-refractivity contribution >= 4 is 5.78 Å². The lowest BCUT2D eigenvalue weighted by atomic mass is 9.86. The van der Waals surface area contributed by atoms with Crippen molar-refractivity contribution in [3.05, 3.63) is 35.4 Å². The van der Waals surface area contributed by atoms with E-state index in [4.69, 9.17) is 4.74 Å². The Bertz CT molecular complexity index is 408. The van der Waals surface area contributed by atoms with Crippen molar-refractivity contribution in [3.63, 3.8) is 0 Å². The number of hydrogen-bond acceptors (Lipinski definition) is 2. The van der Waals surface area contributed by atoms with Crippen LogP contribution in [0.3, 0.4) is 0 Å². The number of carbonyl (C=O) groups excluding carboxylic acids is 1. The maximum atomic E-state index is 12.0. The summed E-state index contributed by atoms with van der Waals surface area (Å²) in [6, 6.07) is 8.26. The van der Waals surface area contributed by atoms with Crippen LogP contribution in [0.2, 0.25) is 0 Å². The second-order valence-electron chi connectivity index (χ2n) is 6.26. The van der Waals surface area contributed by atoms with E-state index in [0.29, 0.717) is 6.42 Å². The molecule has 2 heteroatoms. The van der Waals surface area contributed by atoms with Gasteiger partial charge in [-0.15, -0.1) is 0 Å². The molecule has 0 aliphatic heterocycles. The van der Waals surface area contributed by atoms with Crippen molar-refractivity contribution in [1.82, 2.24) is 0 Å². The third-order valence-corrected chi connectivity index (χ3v) is 3.37. The molecule has 0 bridgehead atoms. The molecule has 1 aromatic carbocycles. The van der Waals surface area contributed by atoms with Crippen LogP contribution in [0.5, 0.6) is 0 Å². The number of ether oxygens (including phenoxy) is 1. The Balaban J connectivity index is 2.79. The van der Waals surface area contributed by atoms with Gasteiger partial charge in [0.05, 0.1) is 0 Å². The van der Waals surface area contributed by atoms with Gasteiger partial charge in [-0.3, -0.25) is 4.79 Å². The van der Waals surface area contributed by atoms with Gasteiger partial charge in [-0.05, 0) is 30.4 Å². The van der Waals surface area contributed by atoms with Gasteiger partial charge in [0.1, 0.15) is 5.60 Å². The van der Waals surface area contributed by atoms with Crippen LogP contribution in [0, 0.1) is 0 Å². The fraction of sp³-hybridized carbons (Fsp3) is 0.562. The number of Topliss-reactive ketones (excluding diaryl/α,β-unsaturated/α-hetero) is 1. The van der Waals surface area contributed by atoms with Crippen LogP contribution in [-0.2, 0) is 21.4 Å². The monoisotopic (exact) mass is 248 g/mol. The molecule has 0 spiro atoms. The SMILES string of the molecule is COC(C)(C)C(=O)Cc1ccc(C(C)(C)C)cc1. The topological polar surface area (TPSA) is 26.3 Å². The van der Waals surface area contributed by atoms with Gasteiger partial charge >= 0.3 is 0 Å². The Labute approximate surface area is 110 Å². The van der Waals surface area contributed by atoms with Crippen molar-refractivity contribution in [3.8, 4) is 0 Å². The highest BCUT2D eigenvalue weighted by atomic mass is 16.5. The first-order chi connectivity index (χ1) is 8.16. The highest BCUT2D eigenvalue weighted by molar-refractivity contribution is 5.88. The first-order valence-corrected chi connectivity index (χ1v) is 6.34. The van der Waals surface area contributed by atoms with Gasteiger partial charge in [-0.25, -0.2) is 0 Å². The molecule has 0 saturated carbocycles. The van der Waals surface area contributed by atoms with Crippen LogP contribution in [0.25, 0.3) is 0 Å². The highest BCUT2D eigenvalue weighted by Gasteiger charge is 2.26. The molecule has 18 heavy (non-hydrogen) atoms. The van der Waals surface area contributed by atoms with Crippen LogP contribution in [0.1, 0.15) is 45.7 Å². The molecule has 0 heterocycles. The third kappa shape index (κ3) is 3.67. The van der Waals surface area contributed by atoms with Crippen LogP contribution in [0.4, 0.5) is 0 Å². The standard InChI is InChI=1S/C16H24O2/c1-15(2,3)13-9-7-12(8-10-13)11-14(17)16(4,5)18-6/h7-10H,11H2,1-6H3. The molecule has 0 aliphatic rings. The van der Waals surface area contributed by atoms with Crippen molar-refractivity contribution in [2.45, 2.75) is 52.1 Å². The second kappa shape index (κ2) is 5.23. The summed E-state index contributed by atoms with van der Waals surface area (Å²) in [7, 11) is 1.57. The van der Waals surface area contributed by atoms with E-state index in [-0.39, 0.29) is 11.2 Å². The van der Waals surface area contributed by atoms with E-state index < -0.39 is 5.60 Å². The van der Waals surface area contributed by atoms with Crippen molar-refractivity contribution in [1.29, 1.82) is 0 Å². The molecule has 0 N–H and O–H groups in total. The van der Waals surface area contributed by atoms with E-state index in [0.717, 1.165) is 5.56 Å². The minimum absolute atomic E-state index is 0.105. The van der Waals surface area contributed by atoms with Crippen molar-refractivity contribution < 1.29 is 9.53 Å². The molecule has 0 aromatic heterocycles. The van der Waals surface area contributed by atoms with Gasteiger partial charge < -0.3 is 4.74 Å². The fourth-order valence-corrected chi connectivity index (χ4v) is 1.63. The normalized spacial score (nSPS) is 12.6. The van der Waals surface area contributed by atoms with E-state index in [9.17, 15) is 4.79 Å². The number of rotatable bonds is 4. The first-order valence-electron chi connectivity index (χ1n) is 6.34. The summed E-state index contributed by atoms with van der Waals surface area (Å²) in [5.41, 5.74) is 1.76. The maximum absolute atomic E-state index is 12.0. The number of benzene rings is 1. The largest absolute Gasteiger partial charge is 0.371 e. The van der Waals surface area contributed by atoms with Crippen LogP contribution >= 0.6 is 0 Å². The van der Waals surface area contributed by atoms with Gasteiger partial charge in [0.25, 0.3) is 0 Å². The summed E-state index contributed by atoms with van der Waals surface area (Å²) in [5, 5.41) is 0. The lowest BCUT2D eigenvalue weighted by Crippen LogP contribution is -2.35. The molecule has 0 fully saturated rings. The Hall–Kier alpha value is -1.15. The minimum Gasteiger partial charge on any atom is -0.371 e. The van der Waals surface area contributed by atoms with Crippen LogP contribution < -0.4 is 0 Å². The lowest BCUT2D eigenvalue weighted by molar-refractivity contribution is -0.136. The molecule has 0 amide bonds.